The van der Waals surface area contributed by atoms with Gasteiger partial charge in [-0.1, -0.05) is 6.42 Å². The van der Waals surface area contributed by atoms with Crippen molar-refractivity contribution in [3.63, 3.8) is 0 Å². The maximum Gasteiger partial charge on any atom is 0.460 e. The highest BCUT2D eigenvalue weighted by molar-refractivity contribution is 7.87. The molecule has 1 saturated carbocycles. The molecule has 0 aromatic carbocycles. The van der Waals surface area contributed by atoms with Crippen molar-refractivity contribution in [1.82, 2.24) is 0 Å². The van der Waals surface area contributed by atoms with E-state index in [1.54, 1.807) is 0 Å². The zero-order valence-electron chi connectivity index (χ0n) is 16.0. The molecule has 1 fully saturated rings. The molecule has 1 N–H and O–H groups in total. The zero-order chi connectivity index (χ0) is 23.5. The summed E-state index contributed by atoms with van der Waals surface area (Å²) in [5.41, 5.74) is 0. The summed E-state index contributed by atoms with van der Waals surface area (Å²) in [4.78, 5) is 0. The highest BCUT2D eigenvalue weighted by atomic mass is 32.2. The normalized spacial score (nSPS) is 18.2. The summed E-state index contributed by atoms with van der Waals surface area (Å²) < 4.78 is 135. The van der Waals surface area contributed by atoms with Gasteiger partial charge in [-0.05, 0) is 39.5 Å². The van der Waals surface area contributed by atoms with Crippen LogP contribution in [0.4, 0.5) is 39.5 Å². The second-order valence-corrected chi connectivity index (χ2v) is 8.50. The Kier molecular flexibility index (Phi) is 8.92. The van der Waals surface area contributed by atoms with Crippen molar-refractivity contribution >= 4 is 10.1 Å². The van der Waals surface area contributed by atoms with Crippen molar-refractivity contribution < 1.29 is 57.0 Å². The second kappa shape index (κ2) is 9.16. The van der Waals surface area contributed by atoms with Gasteiger partial charge in [0.05, 0.1) is 26.2 Å². The maximum absolute atomic E-state index is 12.2. The third-order valence-corrected chi connectivity index (χ3v) is 6.25. The Balaban J connectivity index is 0.000000571. The second-order valence-electron chi connectivity index (χ2n) is 7.04. The van der Waals surface area contributed by atoms with Crippen molar-refractivity contribution in [3.05, 3.63) is 0 Å². The van der Waals surface area contributed by atoms with Crippen LogP contribution in [0.15, 0.2) is 0 Å². The van der Waals surface area contributed by atoms with E-state index in [1.165, 1.54) is 49.7 Å². The summed E-state index contributed by atoms with van der Waals surface area (Å²) in [6.45, 7) is 7.28. The molecule has 1 aliphatic rings. The Morgan fingerprint density at radius 1 is 0.828 bits per heavy atom. The van der Waals surface area contributed by atoms with E-state index < -0.39 is 33.4 Å². The molecule has 14 heteroatoms. The standard InChI is InChI=1S/C11H24N.C4HF9O3S/c1-4-12(3,5-2)11-9-7-6-8-10-11;5-1(6,3(9,10)11)2(7,8)4(12,13)17(14,15)16/h11H,4-10H2,1-3H3;(H,14,15,16)/q+1;. The fraction of sp³-hybridized carbons (Fsp3) is 1.00. The van der Waals surface area contributed by atoms with Crippen molar-refractivity contribution in [2.24, 2.45) is 0 Å². The summed E-state index contributed by atoms with van der Waals surface area (Å²) in [6, 6.07) is 0.966. The molecule has 1 aliphatic carbocycles. The van der Waals surface area contributed by atoms with Gasteiger partial charge in [0.2, 0.25) is 0 Å². The number of hydrogen-bond donors (Lipinski definition) is 1. The first-order chi connectivity index (χ1) is 12.7. The van der Waals surface area contributed by atoms with Gasteiger partial charge in [0.1, 0.15) is 0 Å². The summed E-state index contributed by atoms with van der Waals surface area (Å²) in [5, 5.41) is -7.00. The molecule has 1 rings (SSSR count). The molecule has 0 spiro atoms. The van der Waals surface area contributed by atoms with Crippen LogP contribution in [0.3, 0.4) is 0 Å². The lowest BCUT2D eigenvalue weighted by Crippen LogP contribution is -2.63. The molecule has 4 nitrogen and oxygen atoms in total. The van der Waals surface area contributed by atoms with E-state index in [2.05, 4.69) is 20.9 Å². The van der Waals surface area contributed by atoms with E-state index in [4.69, 9.17) is 4.55 Å². The third kappa shape index (κ3) is 5.69. The van der Waals surface area contributed by atoms with Gasteiger partial charge in [-0.3, -0.25) is 4.55 Å². The van der Waals surface area contributed by atoms with Crippen LogP contribution < -0.4 is 0 Å². The lowest BCUT2D eigenvalue weighted by Gasteiger charge is -2.42. The van der Waals surface area contributed by atoms with E-state index in [-0.39, 0.29) is 0 Å². The number of rotatable bonds is 6. The molecule has 29 heavy (non-hydrogen) atoms. The highest BCUT2D eigenvalue weighted by Gasteiger charge is 2.85. The minimum absolute atomic E-state index is 0.966. The van der Waals surface area contributed by atoms with Gasteiger partial charge in [-0.2, -0.15) is 47.9 Å². The molecule has 0 atom stereocenters. The van der Waals surface area contributed by atoms with Gasteiger partial charge < -0.3 is 4.48 Å². The summed E-state index contributed by atoms with van der Waals surface area (Å²) in [5.74, 6) is -14.7. The number of halogens is 9. The number of hydrogen-bond acceptors (Lipinski definition) is 2. The predicted molar refractivity (Wildman–Crippen MR) is 86.6 cm³/mol. The van der Waals surface area contributed by atoms with Crippen LogP contribution in [0.5, 0.6) is 0 Å². The lowest BCUT2D eigenvalue weighted by atomic mass is 9.92. The minimum atomic E-state index is -7.37. The summed E-state index contributed by atoms with van der Waals surface area (Å²) in [7, 11) is -4.74. The fourth-order valence-electron chi connectivity index (χ4n) is 2.97. The largest absolute Gasteiger partial charge is 0.460 e. The average molecular weight is 470 g/mol. The van der Waals surface area contributed by atoms with Crippen LogP contribution in [0.1, 0.15) is 46.0 Å². The average Bonchev–Trinajstić information content (AvgIpc) is 2.60. The van der Waals surface area contributed by atoms with Crippen LogP contribution in [-0.4, -0.2) is 66.9 Å². The van der Waals surface area contributed by atoms with Gasteiger partial charge >= 0.3 is 33.4 Å². The first kappa shape index (κ1) is 28.2. The molecule has 0 heterocycles. The van der Waals surface area contributed by atoms with Crippen molar-refractivity contribution in [1.29, 1.82) is 0 Å². The minimum Gasteiger partial charge on any atom is -0.324 e. The van der Waals surface area contributed by atoms with Crippen LogP contribution >= 0.6 is 0 Å². The zero-order valence-corrected chi connectivity index (χ0v) is 16.9. The Hall–Kier alpha value is -0.760. The molecule has 0 unspecified atom stereocenters. The molecular formula is C15H25F9NO3S+. The van der Waals surface area contributed by atoms with E-state index in [9.17, 15) is 47.9 Å². The van der Waals surface area contributed by atoms with E-state index in [1.807, 2.05) is 0 Å². The molecule has 0 aliphatic heterocycles. The monoisotopic (exact) mass is 470 g/mol. The van der Waals surface area contributed by atoms with Crippen LogP contribution in [0.2, 0.25) is 0 Å². The van der Waals surface area contributed by atoms with Crippen LogP contribution in [0.25, 0.3) is 0 Å². The van der Waals surface area contributed by atoms with E-state index in [0.717, 1.165) is 6.04 Å². The Labute approximate surface area is 163 Å². The molecule has 0 amide bonds. The quantitative estimate of drug-likeness (QED) is 0.334. The molecule has 0 radical (unpaired) electrons. The highest BCUT2D eigenvalue weighted by Crippen LogP contribution is 2.54. The Bertz CT molecular complexity index is 625. The molecule has 0 saturated heterocycles. The predicted octanol–water partition coefficient (Wildman–Crippen LogP) is 5.11. The summed E-state index contributed by atoms with van der Waals surface area (Å²) in [6.07, 6.45) is 0.224. The summed E-state index contributed by atoms with van der Waals surface area (Å²) >= 11 is 0. The molecular weight excluding hydrogens is 445 g/mol. The van der Waals surface area contributed by atoms with Crippen molar-refractivity contribution in [2.45, 2.75) is 75.3 Å². The molecule has 0 aromatic rings. The molecule has 0 bridgehead atoms. The first-order valence-electron chi connectivity index (χ1n) is 8.74. The van der Waals surface area contributed by atoms with Gasteiger partial charge in [0.15, 0.2) is 0 Å². The number of nitrogens with zero attached hydrogens (tertiary/aromatic N) is 1. The smallest absolute Gasteiger partial charge is 0.324 e. The van der Waals surface area contributed by atoms with Crippen molar-refractivity contribution in [3.8, 4) is 0 Å². The van der Waals surface area contributed by atoms with Crippen LogP contribution in [0, 0.1) is 0 Å². The fourth-order valence-corrected chi connectivity index (χ4v) is 3.42. The Morgan fingerprint density at radius 3 is 1.48 bits per heavy atom. The number of alkyl halides is 9. The van der Waals surface area contributed by atoms with E-state index >= 15 is 0 Å². The maximum atomic E-state index is 12.2. The van der Waals surface area contributed by atoms with Gasteiger partial charge in [-0.15, -0.1) is 0 Å². The van der Waals surface area contributed by atoms with Crippen molar-refractivity contribution in [2.75, 3.05) is 20.1 Å². The molecule has 176 valence electrons. The SMILES string of the molecule is CC[N+](C)(CC)C1CCCCC1.O=S(=O)(O)C(F)(F)C(F)(F)C(F)(F)C(F)(F)F. The topological polar surface area (TPSA) is 54.4 Å². The Morgan fingerprint density at radius 2 is 1.21 bits per heavy atom. The lowest BCUT2D eigenvalue weighted by molar-refractivity contribution is -0.931. The van der Waals surface area contributed by atoms with Gasteiger partial charge in [0.25, 0.3) is 0 Å². The first-order valence-corrected chi connectivity index (χ1v) is 10.2. The number of quaternary nitrogens is 1. The van der Waals surface area contributed by atoms with E-state index in [0.29, 0.717) is 0 Å². The van der Waals surface area contributed by atoms with Gasteiger partial charge in [-0.25, -0.2) is 0 Å². The van der Waals surface area contributed by atoms with Crippen LogP contribution in [-0.2, 0) is 10.1 Å². The third-order valence-electron chi connectivity index (χ3n) is 5.34. The van der Waals surface area contributed by atoms with Gasteiger partial charge in [0, 0.05) is 0 Å². The molecule has 0 aromatic heterocycles.